The molecule has 3 nitrogen and oxygen atoms in total. The SMILES string of the molecule is Cc1c(C(F)(F)F)n[nH]c1CN1CCCC1. The number of alkyl halides is 3. The molecule has 1 aromatic heterocycles. The Morgan fingerprint density at radius 2 is 1.94 bits per heavy atom. The van der Waals surface area contributed by atoms with Crippen molar-refractivity contribution in [2.75, 3.05) is 13.1 Å². The van der Waals surface area contributed by atoms with Gasteiger partial charge < -0.3 is 0 Å². The molecule has 1 saturated heterocycles. The van der Waals surface area contributed by atoms with E-state index in [2.05, 4.69) is 15.1 Å². The smallest absolute Gasteiger partial charge is 0.298 e. The third-order valence-electron chi connectivity index (χ3n) is 2.96. The van der Waals surface area contributed by atoms with E-state index in [-0.39, 0.29) is 5.56 Å². The lowest BCUT2D eigenvalue weighted by Crippen LogP contribution is -2.19. The second-order valence-corrected chi connectivity index (χ2v) is 4.16. The van der Waals surface area contributed by atoms with Crippen molar-refractivity contribution in [3.8, 4) is 0 Å². The lowest BCUT2D eigenvalue weighted by molar-refractivity contribution is -0.141. The van der Waals surface area contributed by atoms with Crippen LogP contribution in [0.15, 0.2) is 0 Å². The maximum Gasteiger partial charge on any atom is 0.435 e. The van der Waals surface area contributed by atoms with Gasteiger partial charge in [0.25, 0.3) is 0 Å². The number of hydrogen-bond acceptors (Lipinski definition) is 2. The molecule has 16 heavy (non-hydrogen) atoms. The summed E-state index contributed by atoms with van der Waals surface area (Å²) in [4.78, 5) is 2.14. The highest BCUT2D eigenvalue weighted by Crippen LogP contribution is 2.31. The molecule has 90 valence electrons. The van der Waals surface area contributed by atoms with Crippen molar-refractivity contribution in [3.05, 3.63) is 17.0 Å². The first-order chi connectivity index (χ1) is 7.48. The van der Waals surface area contributed by atoms with E-state index in [9.17, 15) is 13.2 Å². The molecule has 1 aliphatic heterocycles. The third-order valence-corrected chi connectivity index (χ3v) is 2.96. The quantitative estimate of drug-likeness (QED) is 0.850. The number of likely N-dealkylation sites (tertiary alicyclic amines) is 1. The van der Waals surface area contributed by atoms with E-state index in [1.165, 1.54) is 6.92 Å². The molecule has 1 aromatic rings. The molecule has 0 aromatic carbocycles. The van der Waals surface area contributed by atoms with Crippen LogP contribution in [0, 0.1) is 6.92 Å². The van der Waals surface area contributed by atoms with Crippen LogP contribution in [0.25, 0.3) is 0 Å². The minimum Gasteiger partial charge on any atom is -0.298 e. The number of nitrogens with one attached hydrogen (secondary N) is 1. The zero-order valence-electron chi connectivity index (χ0n) is 9.06. The second-order valence-electron chi connectivity index (χ2n) is 4.16. The highest BCUT2D eigenvalue weighted by Gasteiger charge is 2.36. The molecule has 0 spiro atoms. The maximum atomic E-state index is 12.5. The molecule has 0 atom stereocenters. The van der Waals surface area contributed by atoms with E-state index in [0.717, 1.165) is 25.9 Å². The largest absolute Gasteiger partial charge is 0.435 e. The van der Waals surface area contributed by atoms with E-state index in [1.807, 2.05) is 0 Å². The number of aromatic amines is 1. The molecular formula is C10H14F3N3. The highest BCUT2D eigenvalue weighted by molar-refractivity contribution is 5.25. The molecule has 1 fully saturated rings. The van der Waals surface area contributed by atoms with E-state index >= 15 is 0 Å². The summed E-state index contributed by atoms with van der Waals surface area (Å²) in [7, 11) is 0. The molecule has 0 aliphatic carbocycles. The average Bonchev–Trinajstić information content (AvgIpc) is 2.76. The Morgan fingerprint density at radius 3 is 2.44 bits per heavy atom. The second kappa shape index (κ2) is 4.08. The fourth-order valence-electron chi connectivity index (χ4n) is 2.03. The lowest BCUT2D eigenvalue weighted by atomic mass is 10.2. The molecule has 6 heteroatoms. The molecule has 2 heterocycles. The van der Waals surface area contributed by atoms with Crippen LogP contribution >= 0.6 is 0 Å². The molecule has 0 amide bonds. The van der Waals surface area contributed by atoms with Gasteiger partial charge in [0.05, 0.1) is 5.69 Å². The Morgan fingerprint density at radius 1 is 1.31 bits per heavy atom. The minimum absolute atomic E-state index is 0.222. The summed E-state index contributed by atoms with van der Waals surface area (Å²) >= 11 is 0. The van der Waals surface area contributed by atoms with Crippen molar-refractivity contribution in [1.82, 2.24) is 15.1 Å². The summed E-state index contributed by atoms with van der Waals surface area (Å²) in [6.07, 6.45) is -2.11. The summed E-state index contributed by atoms with van der Waals surface area (Å²) in [5.41, 5.74) is 0.00956. The van der Waals surface area contributed by atoms with E-state index < -0.39 is 11.9 Å². The van der Waals surface area contributed by atoms with Gasteiger partial charge >= 0.3 is 6.18 Å². The molecule has 2 rings (SSSR count). The molecule has 1 N–H and O–H groups in total. The van der Waals surface area contributed by atoms with Gasteiger partial charge in [0, 0.05) is 12.1 Å². The van der Waals surface area contributed by atoms with Gasteiger partial charge in [-0.2, -0.15) is 18.3 Å². The minimum atomic E-state index is -4.36. The van der Waals surface area contributed by atoms with Crippen LogP contribution in [0.1, 0.15) is 29.8 Å². The molecule has 0 saturated carbocycles. The monoisotopic (exact) mass is 233 g/mol. The Labute approximate surface area is 91.6 Å². The van der Waals surface area contributed by atoms with Crippen molar-refractivity contribution in [1.29, 1.82) is 0 Å². The molecule has 0 bridgehead atoms. The fourth-order valence-corrected chi connectivity index (χ4v) is 2.03. The van der Waals surface area contributed by atoms with Crippen LogP contribution in [0.2, 0.25) is 0 Å². The van der Waals surface area contributed by atoms with Gasteiger partial charge in [0.2, 0.25) is 0 Å². The average molecular weight is 233 g/mol. The van der Waals surface area contributed by atoms with Crippen molar-refractivity contribution in [2.24, 2.45) is 0 Å². The van der Waals surface area contributed by atoms with Crippen LogP contribution in [0.4, 0.5) is 13.2 Å². The van der Waals surface area contributed by atoms with Gasteiger partial charge in [0.1, 0.15) is 0 Å². The van der Waals surface area contributed by atoms with Crippen LogP contribution in [-0.2, 0) is 12.7 Å². The first kappa shape index (κ1) is 11.4. The van der Waals surface area contributed by atoms with E-state index in [1.54, 1.807) is 0 Å². The van der Waals surface area contributed by atoms with Gasteiger partial charge in [-0.15, -0.1) is 0 Å². The van der Waals surface area contributed by atoms with Crippen molar-refractivity contribution in [2.45, 2.75) is 32.5 Å². The van der Waals surface area contributed by atoms with Crippen molar-refractivity contribution < 1.29 is 13.2 Å². The Balaban J connectivity index is 2.13. The van der Waals surface area contributed by atoms with Crippen LogP contribution in [0.3, 0.4) is 0 Å². The van der Waals surface area contributed by atoms with Gasteiger partial charge in [-0.3, -0.25) is 10.00 Å². The number of H-pyrrole nitrogens is 1. The van der Waals surface area contributed by atoms with Crippen molar-refractivity contribution in [3.63, 3.8) is 0 Å². The number of aromatic nitrogens is 2. The van der Waals surface area contributed by atoms with E-state index in [4.69, 9.17) is 0 Å². The summed E-state index contributed by atoms with van der Waals surface area (Å²) in [6.45, 7) is 3.92. The molecule has 0 unspecified atom stereocenters. The van der Waals surface area contributed by atoms with Crippen LogP contribution in [-0.4, -0.2) is 28.2 Å². The summed E-state index contributed by atoms with van der Waals surface area (Å²) in [6, 6.07) is 0. The first-order valence-corrected chi connectivity index (χ1v) is 5.32. The summed E-state index contributed by atoms with van der Waals surface area (Å²) < 4.78 is 37.4. The Hall–Kier alpha value is -1.04. The van der Waals surface area contributed by atoms with Crippen LogP contribution < -0.4 is 0 Å². The predicted molar refractivity (Wildman–Crippen MR) is 52.8 cm³/mol. The lowest BCUT2D eigenvalue weighted by Gasteiger charge is -2.13. The molecule has 1 aliphatic rings. The standard InChI is InChI=1S/C10H14F3N3/c1-7-8(6-16-4-2-3-5-16)14-15-9(7)10(11,12)13/h2-6H2,1H3,(H,14,15). The highest BCUT2D eigenvalue weighted by atomic mass is 19.4. The maximum absolute atomic E-state index is 12.5. The predicted octanol–water partition coefficient (Wildman–Crippen LogP) is 2.33. The topological polar surface area (TPSA) is 31.9 Å². The van der Waals surface area contributed by atoms with Crippen LogP contribution in [0.5, 0.6) is 0 Å². The summed E-state index contributed by atoms with van der Waals surface area (Å²) in [5.74, 6) is 0. The van der Waals surface area contributed by atoms with Gasteiger partial charge in [0.15, 0.2) is 5.69 Å². The van der Waals surface area contributed by atoms with Gasteiger partial charge in [-0.1, -0.05) is 0 Å². The number of nitrogens with zero attached hydrogens (tertiary/aromatic N) is 2. The zero-order chi connectivity index (χ0) is 11.8. The summed E-state index contributed by atoms with van der Waals surface area (Å²) in [5, 5.41) is 5.85. The fraction of sp³-hybridized carbons (Fsp3) is 0.700. The number of rotatable bonds is 2. The Bertz CT molecular complexity index is 364. The normalized spacial score (nSPS) is 18.2. The van der Waals surface area contributed by atoms with E-state index in [0.29, 0.717) is 12.2 Å². The number of halogens is 3. The van der Waals surface area contributed by atoms with Crippen molar-refractivity contribution >= 4 is 0 Å². The molecular weight excluding hydrogens is 219 g/mol. The van der Waals surface area contributed by atoms with Gasteiger partial charge in [-0.05, 0) is 32.9 Å². The first-order valence-electron chi connectivity index (χ1n) is 5.32. The number of hydrogen-bond donors (Lipinski definition) is 1. The zero-order valence-corrected chi connectivity index (χ0v) is 9.06. The third kappa shape index (κ3) is 2.21. The Kier molecular flexibility index (Phi) is 2.92. The van der Waals surface area contributed by atoms with Gasteiger partial charge in [-0.25, -0.2) is 0 Å². The molecule has 0 radical (unpaired) electrons.